The van der Waals surface area contributed by atoms with Crippen molar-refractivity contribution in [3.63, 3.8) is 0 Å². The number of aromatic carboxylic acids is 1. The number of benzene rings is 9. The summed E-state index contributed by atoms with van der Waals surface area (Å²) in [6.45, 7) is 8.17. The number of rotatable bonds is 20. The average molecular weight is 2090 g/mol. The van der Waals surface area contributed by atoms with Crippen LogP contribution < -0.4 is 50.3 Å². The van der Waals surface area contributed by atoms with Gasteiger partial charge in [0.2, 0.25) is 23.0 Å². The molecule has 3 amide bonds. The minimum atomic E-state index is -3.22. The van der Waals surface area contributed by atoms with Gasteiger partial charge in [-0.3, -0.25) is 43.9 Å². The number of anilines is 7. The summed E-state index contributed by atoms with van der Waals surface area (Å²) in [5.74, 6) is -1.16. The van der Waals surface area contributed by atoms with Crippen LogP contribution in [0, 0.1) is 19.8 Å². The number of carboxylic acid groups (broad SMARTS) is 2. The van der Waals surface area contributed by atoms with E-state index in [2.05, 4.69) is 170 Å². The summed E-state index contributed by atoms with van der Waals surface area (Å²) in [7, 11) is 8.15. The largest absolute Gasteiger partial charge is 0.481 e. The first-order chi connectivity index (χ1) is 71.1. The Hall–Kier alpha value is -16.3. The van der Waals surface area contributed by atoms with Crippen LogP contribution in [0.2, 0.25) is 5.28 Å². The number of aliphatic hydroxyl groups excluding tert-OH is 1. The predicted molar refractivity (Wildman–Crippen MR) is 592 cm³/mol. The molecule has 1 fully saturated rings. The number of urea groups is 1. The lowest BCUT2D eigenvalue weighted by Gasteiger charge is -2.22. The number of aromatic nitrogens is 13. The molecule has 0 radical (unpaired) electrons. The number of nitrogen functional groups attached to an aromatic ring is 2. The molecule has 0 aliphatic heterocycles. The second-order valence-electron chi connectivity index (χ2n) is 33.4. The number of unbranched alkanes of at least 4 members (excludes halogenated alkanes) is 1. The van der Waals surface area contributed by atoms with E-state index >= 15 is 0 Å². The fourth-order valence-corrected chi connectivity index (χ4v) is 14.5. The number of primary amides is 2. The van der Waals surface area contributed by atoms with Crippen molar-refractivity contribution in [1.29, 1.82) is 0 Å². The highest BCUT2D eigenvalue weighted by Gasteiger charge is 2.24. The molecule has 18 aromatic rings. The van der Waals surface area contributed by atoms with E-state index in [4.69, 9.17) is 53.9 Å². The molecule has 1 aliphatic carbocycles. The van der Waals surface area contributed by atoms with Crippen LogP contribution in [-0.4, -0.2) is 160 Å². The van der Waals surface area contributed by atoms with Crippen molar-refractivity contribution in [2.45, 2.75) is 78.4 Å². The quantitative estimate of drug-likeness (QED) is 0.0146. The van der Waals surface area contributed by atoms with Crippen molar-refractivity contribution < 1.29 is 43.9 Å². The zero-order valence-electron chi connectivity index (χ0n) is 82.0. The molecular weight excluding hydrogens is 1980 g/mol. The van der Waals surface area contributed by atoms with Crippen molar-refractivity contribution in [2.75, 3.05) is 62.2 Å². The number of ketones is 1. The topological polar surface area (TPSA) is 523 Å². The molecule has 0 spiro atoms. The Morgan fingerprint density at radius 1 is 0.459 bits per heavy atom. The molecule has 9 aromatic heterocycles. The van der Waals surface area contributed by atoms with E-state index in [0.717, 1.165) is 163 Å². The Bertz CT molecular complexity index is 7500. The third kappa shape index (κ3) is 37.1. The smallest absolute Gasteiger partial charge is 0.346 e. The maximum atomic E-state index is 12.9. The highest BCUT2D eigenvalue weighted by Crippen LogP contribution is 2.61. The van der Waals surface area contributed by atoms with Gasteiger partial charge in [0.25, 0.3) is 5.91 Å². The van der Waals surface area contributed by atoms with E-state index in [1.807, 2.05) is 228 Å². The molecule has 9 aromatic carbocycles. The second kappa shape index (κ2) is 58.0. The van der Waals surface area contributed by atoms with Crippen molar-refractivity contribution >= 4 is 164 Å². The van der Waals surface area contributed by atoms with Crippen LogP contribution in [0.25, 0.3) is 89.2 Å². The van der Waals surface area contributed by atoms with Gasteiger partial charge < -0.3 is 74.7 Å². The minimum Gasteiger partial charge on any atom is -0.481 e. The number of H-pyrrole nitrogens is 1. The number of nitrogens with one attached hydrogen (secondary N) is 4. The number of amides is 3. The average Bonchev–Trinajstić information content (AvgIpc) is 0.783. The number of carbonyl (C=O) groups is 5. The molecule has 17 N–H and O–H groups in total. The van der Waals surface area contributed by atoms with Gasteiger partial charge in [-0.25, -0.2) is 44.3 Å². The number of aryl methyl sites for hydroxylation is 2. The molecule has 148 heavy (non-hydrogen) atoms. The maximum Gasteiger partial charge on any atom is 0.346 e. The summed E-state index contributed by atoms with van der Waals surface area (Å²) in [5, 5.41) is 35.8. The van der Waals surface area contributed by atoms with Crippen molar-refractivity contribution in [3.05, 3.63) is 389 Å². The molecule has 0 unspecified atom stereocenters. The number of hydrogen-bond donors (Lipinski definition) is 12. The van der Waals surface area contributed by atoms with Crippen LogP contribution in [0.1, 0.15) is 104 Å². The first kappa shape index (κ1) is 114. The lowest BCUT2D eigenvalue weighted by Crippen LogP contribution is -2.29. The molecule has 760 valence electrons. The zero-order valence-corrected chi connectivity index (χ0v) is 85.9. The number of aromatic amines is 1. The molecule has 0 bridgehead atoms. The number of para-hydroxylation sites is 5. The van der Waals surface area contributed by atoms with Crippen molar-refractivity contribution in [2.24, 2.45) is 23.1 Å². The van der Waals surface area contributed by atoms with Gasteiger partial charge in [0, 0.05) is 118 Å². The van der Waals surface area contributed by atoms with Crippen LogP contribution in [0.5, 0.6) is 0 Å². The number of halogens is 4. The molecule has 1 aliphatic rings. The lowest BCUT2D eigenvalue weighted by molar-refractivity contribution is -0.142. The Balaban J connectivity index is 0.000000179. The summed E-state index contributed by atoms with van der Waals surface area (Å²) in [5.41, 5.74) is 44.3. The monoisotopic (exact) mass is 2090 g/mol. The Labute approximate surface area is 874 Å². The lowest BCUT2D eigenvalue weighted by atomic mass is 9.87. The maximum absolute atomic E-state index is 12.9. The Morgan fingerprint density at radius 3 is 1.27 bits per heavy atom. The van der Waals surface area contributed by atoms with E-state index in [-0.39, 0.29) is 40.2 Å². The molecule has 9 heterocycles. The van der Waals surface area contributed by atoms with Crippen LogP contribution in [0.4, 0.5) is 45.1 Å². The first-order valence-electron chi connectivity index (χ1n) is 46.4. The number of carboxylic acids is 2. The van der Waals surface area contributed by atoms with Crippen LogP contribution in [0.15, 0.2) is 333 Å². The van der Waals surface area contributed by atoms with Crippen LogP contribution in [-0.2, 0) is 22.4 Å². The number of pyridine rings is 5. The van der Waals surface area contributed by atoms with Gasteiger partial charge in [0.05, 0.1) is 56.3 Å². The van der Waals surface area contributed by atoms with Gasteiger partial charge in [-0.05, 0) is 299 Å². The Kier molecular flexibility index (Phi) is 44.5. The normalized spacial score (nSPS) is 12.0. The summed E-state index contributed by atoms with van der Waals surface area (Å²) in [4.78, 5) is 126. The summed E-state index contributed by atoms with van der Waals surface area (Å²) in [6.07, 6.45) is 13.8. The highest BCUT2D eigenvalue weighted by molar-refractivity contribution is 8.24. The summed E-state index contributed by atoms with van der Waals surface area (Å²) >= 11 is 19.8. The van der Waals surface area contributed by atoms with Gasteiger partial charge in [-0.1, -0.05) is 153 Å². The highest BCUT2D eigenvalue weighted by atomic mass is 36.0. The number of aliphatic hydroxyl groups is 1. The fraction of sp³-hybridized carbons (Fsp3) is 0.164. The first-order valence-corrected chi connectivity index (χ1v) is 51.2. The number of fused-ring (bicyclic) bond motifs is 4. The fourth-order valence-electron chi connectivity index (χ4n) is 14.3. The number of hydrogen-bond acceptors (Lipinski definition) is 27. The molecular formula is C110H112Cl4N23O10P. The Morgan fingerprint density at radius 2 is 0.858 bits per heavy atom. The number of nitrogens with two attached hydrogens (primary N) is 5. The molecule has 33 nitrogen and oxygen atoms in total. The van der Waals surface area contributed by atoms with Crippen LogP contribution >= 0.6 is 50.5 Å². The van der Waals surface area contributed by atoms with Gasteiger partial charge in [-0.15, -0.1) is 0 Å². The van der Waals surface area contributed by atoms with Gasteiger partial charge >= 0.3 is 28.9 Å². The predicted octanol–water partition coefficient (Wildman–Crippen LogP) is 22.3. The van der Waals surface area contributed by atoms with Crippen molar-refractivity contribution in [3.8, 4) is 45.6 Å². The van der Waals surface area contributed by atoms with E-state index in [1.165, 1.54) is 17.7 Å². The number of carbonyl (C=O) groups excluding carboxylic acids is 3. The summed E-state index contributed by atoms with van der Waals surface area (Å²) < 4.78 is 9.51. The van der Waals surface area contributed by atoms with Crippen LogP contribution in [0.3, 0.4) is 0 Å². The third-order valence-electron chi connectivity index (χ3n) is 21.5. The van der Waals surface area contributed by atoms with E-state index < -0.39 is 23.2 Å². The van der Waals surface area contributed by atoms with Gasteiger partial charge in [0.1, 0.15) is 28.5 Å². The molecule has 38 heteroatoms. The second-order valence-corrected chi connectivity index (χ2v) is 40.4. The number of nitrogens with zero attached hydrogens (tertiary/aromatic N) is 14. The van der Waals surface area contributed by atoms with E-state index in [0.29, 0.717) is 58.1 Å². The standard InChI is InChI=1S/C30H28N6O.C20H14N4O2.C13H8ClN3.C13H9N3O.C12H10N2O.C10H16N2.C7H13NO2.C4H10O.CH4N2O.Cl3OP/c1-20-11-12-21(19-36(2)3)18-27(20)33-29(37)22-13-15-23(16-14-22)32-30-34-25-9-5-4-8-24(25)28(35-30)26-10-6-7-17-31-26;25-19(26)13-8-10-14(11-9-13)22-20-23-16-6-2-1-5-15(16)18(24-20)17-7-3-4-12-21-17;14-13-16-10-6-2-1-5-9(10)12(17-13)11-7-3-4-8-15-11;17-13-15-10-6-2-1-5-9(10)12(16-13)11-7-3-4-8-14-11;13-10-6-2-1-5-9(10)12(15)11-7-3-4-8-14-11;1-8-4-5-9(6-10(8)11)7-12(2)3;8-6-3-1-5(2-4-6)7(9)10;1-2-3-4-5;2-1(3)4;1-5(2,3)4/h4-18H,19H2,1-3H3,(H,33,37)(H,32,34,35);1-12H,(H,25,26)(H,22,23,24);1-8H;1-8H,(H,15,16,17);1-8H,13H2;4-6H,7,11H2,1-3H3;5-6H,1-4,8H2,(H,9,10);5H,2-4H2,1H3;(H4,2,3,4);. The number of aliphatic carboxylic acids is 1. The summed E-state index contributed by atoms with van der Waals surface area (Å²) in [6, 6.07) is 91.3. The van der Waals surface area contributed by atoms with E-state index in [9.17, 15) is 28.5 Å². The molecule has 1 saturated carbocycles. The molecule has 0 saturated heterocycles. The third-order valence-corrected chi connectivity index (χ3v) is 21.6. The van der Waals surface area contributed by atoms with Crippen molar-refractivity contribution in [1.82, 2.24) is 74.6 Å². The molecule has 19 rings (SSSR count). The minimum absolute atomic E-state index is 0.125. The zero-order chi connectivity index (χ0) is 107. The van der Waals surface area contributed by atoms with Gasteiger partial charge in [0.15, 0.2) is 0 Å². The van der Waals surface area contributed by atoms with E-state index in [1.54, 1.807) is 97.7 Å². The SMILES string of the molecule is CCCCO.Cc1ccc(CN(C)C)cc1N.Cc1ccc(CN(C)C)cc1NC(=O)c1ccc(Nc2nc(-c3ccccn3)c3ccccc3n2)cc1.Clc1nc(-c2ccccn2)c2ccccc2n1.NC(N)=O.NC1CCC(C(=O)O)CC1.Nc1ccccc1C(=O)c1ccccn1.O=C(O)c1ccc(Nc2nc(-c3ccccn3)c3ccccc3n2)cc1.O=P(Cl)(Cl)Cl.O=c1nc(-c2ccccn2)c2ccccc2[nH]1. The molecule has 0 atom stereocenters. The van der Waals surface area contributed by atoms with Gasteiger partial charge in [-0.2, -0.15) is 4.98 Å².